The van der Waals surface area contributed by atoms with Crippen LogP contribution in [0.15, 0.2) is 205 Å². The third kappa shape index (κ3) is 5.36. The molecule has 0 radical (unpaired) electrons. The first kappa shape index (κ1) is 36.4. The molecule has 0 unspecified atom stereocenters. The monoisotopic (exact) mass is 795 g/mol. The Morgan fingerprint density at radius 1 is 0.355 bits per heavy atom. The van der Waals surface area contributed by atoms with E-state index in [4.69, 9.17) is 4.42 Å². The SMILES string of the molecule is CC1(C)c2ccccc2-c2ccc(-c3ccccc3N(c3ccc(-c4cccc5c4C(C)(C)c4ccccc4-5)cc3)c3cccc(-c4cccc5oc6ccccc6c45)c3)cc21. The Kier molecular flexibility index (Phi) is 7.96. The largest absolute Gasteiger partial charge is 0.456 e. The van der Waals surface area contributed by atoms with Crippen LogP contribution >= 0.6 is 0 Å². The molecule has 0 fully saturated rings. The van der Waals surface area contributed by atoms with Crippen molar-refractivity contribution in [3.63, 3.8) is 0 Å². The Hall–Kier alpha value is -7.42. The van der Waals surface area contributed by atoms with E-state index in [9.17, 15) is 0 Å². The van der Waals surface area contributed by atoms with Crippen LogP contribution in [0.25, 0.3) is 77.6 Å². The van der Waals surface area contributed by atoms with E-state index in [1.54, 1.807) is 0 Å². The molecule has 2 heteroatoms. The van der Waals surface area contributed by atoms with E-state index in [1.807, 2.05) is 6.07 Å². The number of para-hydroxylation sites is 2. The molecular formula is C60H45NO. The minimum Gasteiger partial charge on any atom is -0.456 e. The maximum atomic E-state index is 6.36. The van der Waals surface area contributed by atoms with Gasteiger partial charge in [0.05, 0.1) is 5.69 Å². The molecule has 0 saturated carbocycles. The van der Waals surface area contributed by atoms with Gasteiger partial charge in [-0.1, -0.05) is 179 Å². The van der Waals surface area contributed by atoms with E-state index in [0.717, 1.165) is 50.1 Å². The number of hydrogen-bond acceptors (Lipinski definition) is 2. The zero-order chi connectivity index (χ0) is 41.7. The van der Waals surface area contributed by atoms with Gasteiger partial charge < -0.3 is 9.32 Å². The molecule has 1 aromatic heterocycles. The van der Waals surface area contributed by atoms with Crippen molar-refractivity contribution in [2.75, 3.05) is 4.90 Å². The van der Waals surface area contributed by atoms with Gasteiger partial charge in [-0.15, -0.1) is 0 Å². The van der Waals surface area contributed by atoms with Crippen LogP contribution in [0.1, 0.15) is 49.9 Å². The van der Waals surface area contributed by atoms with Gasteiger partial charge in [0.1, 0.15) is 11.2 Å². The predicted octanol–water partition coefficient (Wildman–Crippen LogP) is 16.7. The second-order valence-corrected chi connectivity index (χ2v) is 18.1. The Labute approximate surface area is 363 Å². The molecule has 2 nitrogen and oxygen atoms in total. The van der Waals surface area contributed by atoms with Crippen LogP contribution in [0.3, 0.4) is 0 Å². The Bertz CT molecular complexity index is 3420. The normalized spacial score (nSPS) is 14.1. The fourth-order valence-electron chi connectivity index (χ4n) is 10.9. The highest BCUT2D eigenvalue weighted by Crippen LogP contribution is 2.53. The second-order valence-electron chi connectivity index (χ2n) is 18.1. The lowest BCUT2D eigenvalue weighted by Crippen LogP contribution is -2.16. The van der Waals surface area contributed by atoms with Crippen LogP contribution in [0.4, 0.5) is 17.1 Å². The van der Waals surface area contributed by atoms with Gasteiger partial charge in [0.15, 0.2) is 0 Å². The summed E-state index contributed by atoms with van der Waals surface area (Å²) in [4.78, 5) is 2.44. The van der Waals surface area contributed by atoms with E-state index >= 15 is 0 Å². The van der Waals surface area contributed by atoms with Crippen molar-refractivity contribution in [3.8, 4) is 55.6 Å². The van der Waals surface area contributed by atoms with Gasteiger partial charge >= 0.3 is 0 Å². The van der Waals surface area contributed by atoms with Gasteiger partial charge in [0.25, 0.3) is 0 Å². The molecule has 0 saturated heterocycles. The van der Waals surface area contributed by atoms with Crippen LogP contribution in [0.5, 0.6) is 0 Å². The van der Waals surface area contributed by atoms with Crippen molar-refractivity contribution in [2.24, 2.45) is 0 Å². The summed E-state index contributed by atoms with van der Waals surface area (Å²) in [6.45, 7) is 9.45. The molecule has 1 heterocycles. The second kappa shape index (κ2) is 13.5. The van der Waals surface area contributed by atoms with E-state index in [-0.39, 0.29) is 10.8 Å². The van der Waals surface area contributed by atoms with Crippen LogP contribution in [0.2, 0.25) is 0 Å². The standard InChI is InChI=1S/C60H45NO/c1-59(2)51-25-9-5-19-46(51)48-35-32-40(37-53(48)59)43-18-7-11-27-54(43)61(42-17-13-16-39(36-42)44-22-15-29-56-57(44)50-21-8-12-28-55(50)62-56)41-33-30-38(31-34-41)45-23-14-24-49-47-20-6-10-26-52(47)60(3,4)58(45)49/h5-37H,1-4H3. The zero-order valence-electron chi connectivity index (χ0n) is 35.4. The highest BCUT2D eigenvalue weighted by atomic mass is 16.3. The van der Waals surface area contributed by atoms with Crippen molar-refractivity contribution in [2.45, 2.75) is 38.5 Å². The average Bonchev–Trinajstić information content (AvgIpc) is 3.89. The van der Waals surface area contributed by atoms with E-state index < -0.39 is 0 Å². The van der Waals surface area contributed by atoms with Crippen LogP contribution in [0, 0.1) is 0 Å². The topological polar surface area (TPSA) is 16.4 Å². The highest BCUT2D eigenvalue weighted by molar-refractivity contribution is 6.12. The summed E-state index contributed by atoms with van der Waals surface area (Å²) in [5.41, 5.74) is 22.9. The summed E-state index contributed by atoms with van der Waals surface area (Å²) in [5.74, 6) is 0. The molecule has 0 amide bonds. The van der Waals surface area contributed by atoms with Gasteiger partial charge in [0.2, 0.25) is 0 Å². The number of nitrogens with zero attached hydrogens (tertiary/aromatic N) is 1. The van der Waals surface area contributed by atoms with Gasteiger partial charge in [-0.25, -0.2) is 0 Å². The molecule has 0 bridgehead atoms. The third-order valence-corrected chi connectivity index (χ3v) is 13.9. The molecule has 0 N–H and O–H groups in total. The van der Waals surface area contributed by atoms with Crippen LogP contribution in [-0.2, 0) is 10.8 Å². The molecule has 9 aromatic carbocycles. The van der Waals surface area contributed by atoms with E-state index in [1.165, 1.54) is 66.8 Å². The summed E-state index contributed by atoms with van der Waals surface area (Å²) in [5, 5.41) is 2.26. The summed E-state index contributed by atoms with van der Waals surface area (Å²) in [7, 11) is 0. The van der Waals surface area contributed by atoms with Gasteiger partial charge in [-0.2, -0.15) is 0 Å². The fourth-order valence-corrected chi connectivity index (χ4v) is 10.9. The molecule has 2 aliphatic carbocycles. The fraction of sp³-hybridized carbons (Fsp3) is 0.100. The summed E-state index contributed by atoms with van der Waals surface area (Å²) in [6, 6.07) is 73.6. The lowest BCUT2D eigenvalue weighted by atomic mass is 9.79. The summed E-state index contributed by atoms with van der Waals surface area (Å²) < 4.78 is 6.36. The Morgan fingerprint density at radius 3 is 1.74 bits per heavy atom. The third-order valence-electron chi connectivity index (χ3n) is 13.9. The molecule has 10 aromatic rings. The predicted molar refractivity (Wildman–Crippen MR) is 260 cm³/mol. The number of anilines is 3. The average molecular weight is 796 g/mol. The van der Waals surface area contributed by atoms with Crippen molar-refractivity contribution >= 4 is 39.0 Å². The molecule has 0 aliphatic heterocycles. The number of rotatable bonds is 6. The quantitative estimate of drug-likeness (QED) is 0.167. The number of hydrogen-bond donors (Lipinski definition) is 0. The minimum atomic E-state index is -0.110. The van der Waals surface area contributed by atoms with E-state index in [2.05, 4.69) is 227 Å². The molecule has 0 atom stereocenters. The molecule has 296 valence electrons. The van der Waals surface area contributed by atoms with Crippen molar-refractivity contribution in [1.82, 2.24) is 0 Å². The maximum absolute atomic E-state index is 6.36. The Balaban J connectivity index is 1.03. The molecule has 12 rings (SSSR count). The Morgan fingerprint density at radius 2 is 0.919 bits per heavy atom. The van der Waals surface area contributed by atoms with Gasteiger partial charge in [-0.3, -0.25) is 0 Å². The van der Waals surface area contributed by atoms with Crippen molar-refractivity contribution < 1.29 is 4.42 Å². The lowest BCUT2D eigenvalue weighted by Gasteiger charge is -2.29. The number of furan rings is 1. The number of fused-ring (bicyclic) bond motifs is 9. The van der Waals surface area contributed by atoms with Crippen LogP contribution < -0.4 is 4.90 Å². The zero-order valence-corrected chi connectivity index (χ0v) is 35.4. The molecule has 0 spiro atoms. The van der Waals surface area contributed by atoms with Crippen molar-refractivity contribution in [1.29, 1.82) is 0 Å². The number of benzene rings is 9. The first-order valence-electron chi connectivity index (χ1n) is 21.8. The van der Waals surface area contributed by atoms with Crippen LogP contribution in [-0.4, -0.2) is 0 Å². The molecule has 2 aliphatic rings. The lowest BCUT2D eigenvalue weighted by molar-refractivity contribution is 0.660. The van der Waals surface area contributed by atoms with E-state index in [0.29, 0.717) is 0 Å². The first-order valence-corrected chi connectivity index (χ1v) is 21.8. The minimum absolute atomic E-state index is 0.105. The molecule has 62 heavy (non-hydrogen) atoms. The smallest absolute Gasteiger partial charge is 0.136 e. The van der Waals surface area contributed by atoms with Gasteiger partial charge in [0, 0.05) is 38.5 Å². The maximum Gasteiger partial charge on any atom is 0.136 e. The summed E-state index contributed by atoms with van der Waals surface area (Å²) in [6.07, 6.45) is 0. The first-order chi connectivity index (χ1) is 30.3. The highest BCUT2D eigenvalue weighted by Gasteiger charge is 2.38. The molecular weight excluding hydrogens is 751 g/mol. The summed E-state index contributed by atoms with van der Waals surface area (Å²) >= 11 is 0. The van der Waals surface area contributed by atoms with Crippen molar-refractivity contribution in [3.05, 3.63) is 222 Å². The van der Waals surface area contributed by atoms with Gasteiger partial charge in [-0.05, 0) is 121 Å².